The largest absolute Gasteiger partial charge is 0.461 e. The summed E-state index contributed by atoms with van der Waals surface area (Å²) < 4.78 is 27.1. The van der Waals surface area contributed by atoms with E-state index < -0.39 is 27.5 Å². The Bertz CT molecular complexity index is 949. The van der Waals surface area contributed by atoms with E-state index in [4.69, 9.17) is 16.3 Å². The van der Waals surface area contributed by atoms with Gasteiger partial charge in [0.15, 0.2) is 9.84 Å². The molecule has 1 aromatic carbocycles. The molecule has 0 atom stereocenters. The van der Waals surface area contributed by atoms with Crippen LogP contribution in [0.25, 0.3) is 10.9 Å². The van der Waals surface area contributed by atoms with Crippen LogP contribution in [0.2, 0.25) is 5.02 Å². The normalized spacial score (nSPS) is 11.8. The lowest BCUT2D eigenvalue weighted by molar-refractivity contribution is -0.118. The van der Waals surface area contributed by atoms with Crippen LogP contribution in [-0.4, -0.2) is 50.1 Å². The van der Waals surface area contributed by atoms with Gasteiger partial charge >= 0.3 is 5.97 Å². The molecule has 1 amide bonds. The standard InChI is InChI=1S/C15H16ClN3O5S/c1-3-24-15(21)14-11(7-17-19-13(20)8-25(2,22)23)10-5-4-9(16)6-12(10)18-14/h4-7,18H,3,8H2,1-2H3,(H,19,20)/b17-7+. The summed E-state index contributed by atoms with van der Waals surface area (Å²) >= 11 is 5.94. The van der Waals surface area contributed by atoms with Gasteiger partial charge in [-0.15, -0.1) is 0 Å². The van der Waals surface area contributed by atoms with Crippen LogP contribution in [0.5, 0.6) is 0 Å². The molecule has 2 N–H and O–H groups in total. The second-order valence-electron chi connectivity index (χ2n) is 5.19. The molecule has 0 fully saturated rings. The van der Waals surface area contributed by atoms with Gasteiger partial charge in [-0.05, 0) is 19.1 Å². The zero-order valence-corrected chi connectivity index (χ0v) is 15.1. The van der Waals surface area contributed by atoms with Crippen molar-refractivity contribution in [2.45, 2.75) is 6.92 Å². The zero-order chi connectivity index (χ0) is 18.6. The lowest BCUT2D eigenvalue weighted by atomic mass is 10.1. The second kappa shape index (κ2) is 7.66. The number of fused-ring (bicyclic) bond motifs is 1. The first kappa shape index (κ1) is 18.9. The van der Waals surface area contributed by atoms with Crippen LogP contribution < -0.4 is 5.43 Å². The van der Waals surface area contributed by atoms with Crippen molar-refractivity contribution in [3.8, 4) is 0 Å². The fourth-order valence-corrected chi connectivity index (χ4v) is 2.84. The smallest absolute Gasteiger partial charge is 0.355 e. The number of H-pyrrole nitrogens is 1. The van der Waals surface area contributed by atoms with Crippen molar-refractivity contribution in [3.63, 3.8) is 0 Å². The van der Waals surface area contributed by atoms with E-state index in [1.54, 1.807) is 25.1 Å². The molecule has 0 aliphatic rings. The van der Waals surface area contributed by atoms with Crippen molar-refractivity contribution >= 4 is 50.4 Å². The van der Waals surface area contributed by atoms with Crippen molar-refractivity contribution in [2.24, 2.45) is 5.10 Å². The first-order chi connectivity index (χ1) is 11.7. The molecule has 0 bridgehead atoms. The van der Waals surface area contributed by atoms with Gasteiger partial charge in [-0.25, -0.2) is 18.6 Å². The highest BCUT2D eigenvalue weighted by Gasteiger charge is 2.18. The number of hydrogen-bond donors (Lipinski definition) is 2. The van der Waals surface area contributed by atoms with Gasteiger partial charge in [-0.1, -0.05) is 17.7 Å². The average molecular weight is 386 g/mol. The Morgan fingerprint density at radius 3 is 2.76 bits per heavy atom. The molecule has 2 aromatic rings. The Morgan fingerprint density at radius 2 is 2.12 bits per heavy atom. The first-order valence-corrected chi connectivity index (χ1v) is 9.63. The Balaban J connectivity index is 2.34. The number of rotatable bonds is 6. The average Bonchev–Trinajstić information content (AvgIpc) is 2.83. The summed E-state index contributed by atoms with van der Waals surface area (Å²) in [6.45, 7) is 1.87. The van der Waals surface area contributed by atoms with E-state index in [2.05, 4.69) is 15.5 Å². The highest BCUT2D eigenvalue weighted by atomic mass is 35.5. The highest BCUT2D eigenvalue weighted by molar-refractivity contribution is 7.91. The molecule has 0 unspecified atom stereocenters. The molecule has 8 nitrogen and oxygen atoms in total. The van der Waals surface area contributed by atoms with Gasteiger partial charge in [-0.2, -0.15) is 5.10 Å². The molecule has 1 heterocycles. The van der Waals surface area contributed by atoms with E-state index in [0.717, 1.165) is 6.26 Å². The topological polar surface area (TPSA) is 118 Å². The molecular weight excluding hydrogens is 370 g/mol. The fourth-order valence-electron chi connectivity index (χ4n) is 2.13. The van der Waals surface area contributed by atoms with Crippen molar-refractivity contribution in [3.05, 3.63) is 34.5 Å². The number of sulfone groups is 1. The maximum Gasteiger partial charge on any atom is 0.355 e. The summed E-state index contributed by atoms with van der Waals surface area (Å²) in [5.41, 5.74) is 3.25. The molecular formula is C15H16ClN3O5S. The Morgan fingerprint density at radius 1 is 1.40 bits per heavy atom. The van der Waals surface area contributed by atoms with Crippen LogP contribution in [0.3, 0.4) is 0 Å². The van der Waals surface area contributed by atoms with Gasteiger partial charge in [0.1, 0.15) is 11.4 Å². The summed E-state index contributed by atoms with van der Waals surface area (Å²) in [7, 11) is -3.46. The minimum atomic E-state index is -3.46. The number of aromatic amines is 1. The quantitative estimate of drug-likeness (QED) is 0.443. The fraction of sp³-hybridized carbons (Fsp3) is 0.267. The van der Waals surface area contributed by atoms with Crippen LogP contribution in [0.15, 0.2) is 23.3 Å². The highest BCUT2D eigenvalue weighted by Crippen LogP contribution is 2.24. The molecule has 0 spiro atoms. The van der Waals surface area contributed by atoms with Gasteiger partial charge in [0.2, 0.25) is 0 Å². The lowest BCUT2D eigenvalue weighted by Crippen LogP contribution is -2.26. The minimum absolute atomic E-state index is 0.153. The summed E-state index contributed by atoms with van der Waals surface area (Å²) in [5, 5.41) is 4.85. The first-order valence-electron chi connectivity index (χ1n) is 7.19. The van der Waals surface area contributed by atoms with Gasteiger partial charge in [0.25, 0.3) is 5.91 Å². The maximum atomic E-state index is 12.1. The molecule has 2 rings (SSSR count). The zero-order valence-electron chi connectivity index (χ0n) is 13.5. The number of halogens is 1. The SMILES string of the molecule is CCOC(=O)c1[nH]c2cc(Cl)ccc2c1/C=N/NC(=O)CS(C)(=O)=O. The number of aromatic nitrogens is 1. The number of esters is 1. The lowest BCUT2D eigenvalue weighted by Gasteiger charge is -2.01. The molecule has 0 aliphatic carbocycles. The van der Waals surface area contributed by atoms with Crippen LogP contribution in [0.1, 0.15) is 23.0 Å². The van der Waals surface area contributed by atoms with Crippen molar-refractivity contribution in [1.29, 1.82) is 0 Å². The molecule has 0 saturated carbocycles. The van der Waals surface area contributed by atoms with Gasteiger partial charge < -0.3 is 9.72 Å². The third kappa shape index (κ3) is 5.04. The van der Waals surface area contributed by atoms with Crippen LogP contribution >= 0.6 is 11.6 Å². The third-order valence-electron chi connectivity index (χ3n) is 3.06. The number of amides is 1. The second-order valence-corrected chi connectivity index (χ2v) is 7.76. The number of hydrazone groups is 1. The van der Waals surface area contributed by atoms with Gasteiger partial charge in [-0.3, -0.25) is 4.79 Å². The molecule has 25 heavy (non-hydrogen) atoms. The number of nitrogens with one attached hydrogen (secondary N) is 2. The van der Waals surface area contributed by atoms with E-state index in [1.807, 2.05) is 0 Å². The molecule has 0 radical (unpaired) electrons. The van der Waals surface area contributed by atoms with Crippen molar-refractivity contribution < 1.29 is 22.7 Å². The molecule has 0 saturated heterocycles. The number of carbonyl (C=O) groups is 2. The van der Waals surface area contributed by atoms with E-state index >= 15 is 0 Å². The predicted octanol–water partition coefficient (Wildman–Crippen LogP) is 1.49. The Labute approximate surface area is 149 Å². The van der Waals surface area contributed by atoms with Crippen molar-refractivity contribution in [2.75, 3.05) is 18.6 Å². The summed E-state index contributed by atoms with van der Waals surface area (Å²) in [6, 6.07) is 4.97. The Hall–Kier alpha value is -2.39. The molecule has 10 heteroatoms. The van der Waals surface area contributed by atoms with Gasteiger partial charge in [0.05, 0.1) is 12.8 Å². The number of carbonyl (C=O) groups excluding carboxylic acids is 2. The minimum Gasteiger partial charge on any atom is -0.461 e. The van der Waals surface area contributed by atoms with E-state index in [1.165, 1.54) is 6.21 Å². The Kier molecular flexibility index (Phi) is 5.81. The van der Waals surface area contributed by atoms with E-state index in [0.29, 0.717) is 21.5 Å². The summed E-state index contributed by atoms with van der Waals surface area (Å²) in [4.78, 5) is 26.5. The third-order valence-corrected chi connectivity index (χ3v) is 4.08. The van der Waals surface area contributed by atoms with E-state index in [-0.39, 0.29) is 12.3 Å². The van der Waals surface area contributed by atoms with Crippen LogP contribution in [0.4, 0.5) is 0 Å². The van der Waals surface area contributed by atoms with E-state index in [9.17, 15) is 18.0 Å². The van der Waals surface area contributed by atoms with Gasteiger partial charge in [0, 0.05) is 27.7 Å². The predicted molar refractivity (Wildman–Crippen MR) is 94.7 cm³/mol. The molecule has 0 aliphatic heterocycles. The number of benzene rings is 1. The maximum absolute atomic E-state index is 12.1. The molecule has 1 aromatic heterocycles. The monoisotopic (exact) mass is 385 g/mol. The van der Waals surface area contributed by atoms with Crippen molar-refractivity contribution in [1.82, 2.24) is 10.4 Å². The van der Waals surface area contributed by atoms with Crippen LogP contribution in [-0.2, 0) is 19.4 Å². The summed E-state index contributed by atoms with van der Waals surface area (Å²) in [6.07, 6.45) is 2.19. The number of hydrogen-bond acceptors (Lipinski definition) is 6. The molecule has 134 valence electrons. The summed E-state index contributed by atoms with van der Waals surface area (Å²) in [5.74, 6) is -2.04. The van der Waals surface area contributed by atoms with Crippen LogP contribution in [0, 0.1) is 0 Å². The number of ether oxygens (including phenoxy) is 1. The number of nitrogens with zero attached hydrogens (tertiary/aromatic N) is 1.